The maximum Gasteiger partial charge on any atom is 0.272 e. The highest BCUT2D eigenvalue weighted by Gasteiger charge is 2.22. The molecule has 0 saturated carbocycles. The molecule has 106 valence electrons. The Balaban J connectivity index is 2.13. The predicted octanol–water partition coefficient (Wildman–Crippen LogP) is 3.22. The Bertz CT molecular complexity index is 614. The third-order valence-corrected chi connectivity index (χ3v) is 3.95. The van der Waals surface area contributed by atoms with Crippen LogP contribution < -0.4 is 5.32 Å². The quantitative estimate of drug-likeness (QED) is 0.679. The van der Waals surface area contributed by atoms with Gasteiger partial charge in [0.2, 0.25) is 0 Å². The van der Waals surface area contributed by atoms with Crippen molar-refractivity contribution in [2.24, 2.45) is 0 Å². The lowest BCUT2D eigenvalue weighted by atomic mass is 10.1. The SMILES string of the molecule is CC(C)(NCc1cc(F)cc([N+](=O)[O-])c1)c1nccs1. The van der Waals surface area contributed by atoms with Gasteiger partial charge in [0.15, 0.2) is 0 Å². The molecule has 0 bridgehead atoms. The summed E-state index contributed by atoms with van der Waals surface area (Å²) in [6.45, 7) is 4.24. The molecular formula is C13H14FN3O2S. The summed E-state index contributed by atoms with van der Waals surface area (Å²) in [6.07, 6.45) is 1.72. The molecule has 2 aromatic rings. The summed E-state index contributed by atoms with van der Waals surface area (Å²) in [5, 5.41) is 16.7. The van der Waals surface area contributed by atoms with E-state index in [1.54, 1.807) is 6.20 Å². The Morgan fingerprint density at radius 3 is 2.80 bits per heavy atom. The molecule has 0 unspecified atom stereocenters. The summed E-state index contributed by atoms with van der Waals surface area (Å²) in [5.74, 6) is -0.608. The average molecular weight is 295 g/mol. The summed E-state index contributed by atoms with van der Waals surface area (Å²) >= 11 is 1.52. The van der Waals surface area contributed by atoms with Crippen LogP contribution in [0.5, 0.6) is 0 Å². The number of hydrogen-bond donors (Lipinski definition) is 1. The highest BCUT2D eigenvalue weighted by atomic mass is 32.1. The Morgan fingerprint density at radius 1 is 1.45 bits per heavy atom. The van der Waals surface area contributed by atoms with Crippen molar-refractivity contribution in [1.29, 1.82) is 0 Å². The van der Waals surface area contributed by atoms with Crippen LogP contribution in [-0.4, -0.2) is 9.91 Å². The van der Waals surface area contributed by atoms with Crippen LogP contribution in [-0.2, 0) is 12.1 Å². The topological polar surface area (TPSA) is 68.1 Å². The number of nitrogens with one attached hydrogen (secondary N) is 1. The molecule has 0 spiro atoms. The van der Waals surface area contributed by atoms with E-state index >= 15 is 0 Å². The van der Waals surface area contributed by atoms with Crippen LogP contribution in [0.2, 0.25) is 0 Å². The van der Waals surface area contributed by atoms with Gasteiger partial charge in [-0.1, -0.05) is 0 Å². The van der Waals surface area contributed by atoms with E-state index in [9.17, 15) is 14.5 Å². The Kier molecular flexibility index (Phi) is 4.10. The molecule has 20 heavy (non-hydrogen) atoms. The number of benzene rings is 1. The number of aromatic nitrogens is 1. The van der Waals surface area contributed by atoms with Gasteiger partial charge in [-0.15, -0.1) is 11.3 Å². The molecule has 0 aliphatic carbocycles. The zero-order valence-corrected chi connectivity index (χ0v) is 11.9. The van der Waals surface area contributed by atoms with Crippen molar-refractivity contribution < 1.29 is 9.31 Å². The molecule has 1 aromatic heterocycles. The average Bonchev–Trinajstić information content (AvgIpc) is 2.90. The summed E-state index contributed by atoms with van der Waals surface area (Å²) in [7, 11) is 0. The number of nitro groups is 1. The molecule has 1 heterocycles. The third-order valence-electron chi connectivity index (χ3n) is 2.85. The largest absolute Gasteiger partial charge is 0.302 e. The molecular weight excluding hydrogens is 281 g/mol. The maximum absolute atomic E-state index is 13.3. The van der Waals surface area contributed by atoms with E-state index in [0.717, 1.165) is 11.1 Å². The van der Waals surface area contributed by atoms with E-state index in [0.29, 0.717) is 12.1 Å². The Morgan fingerprint density at radius 2 is 2.20 bits per heavy atom. The van der Waals surface area contributed by atoms with Crippen LogP contribution >= 0.6 is 11.3 Å². The van der Waals surface area contributed by atoms with Gasteiger partial charge in [0, 0.05) is 24.2 Å². The monoisotopic (exact) mass is 295 g/mol. The molecule has 0 atom stereocenters. The van der Waals surface area contributed by atoms with E-state index in [2.05, 4.69) is 10.3 Å². The van der Waals surface area contributed by atoms with Crippen molar-refractivity contribution in [1.82, 2.24) is 10.3 Å². The molecule has 0 fully saturated rings. The fourth-order valence-corrected chi connectivity index (χ4v) is 2.51. The van der Waals surface area contributed by atoms with Crippen molar-refractivity contribution in [2.45, 2.75) is 25.9 Å². The normalized spacial score (nSPS) is 11.6. The lowest BCUT2D eigenvalue weighted by Gasteiger charge is -2.23. The molecule has 0 radical (unpaired) electrons. The smallest absolute Gasteiger partial charge is 0.272 e. The maximum atomic E-state index is 13.3. The van der Waals surface area contributed by atoms with E-state index in [-0.39, 0.29) is 11.2 Å². The van der Waals surface area contributed by atoms with Gasteiger partial charge in [-0.25, -0.2) is 9.37 Å². The first-order valence-corrected chi connectivity index (χ1v) is 6.85. The molecule has 1 N–H and O–H groups in total. The fraction of sp³-hybridized carbons (Fsp3) is 0.308. The number of nitro benzene ring substituents is 1. The van der Waals surface area contributed by atoms with Gasteiger partial charge in [0.1, 0.15) is 10.8 Å². The first-order valence-electron chi connectivity index (χ1n) is 5.97. The van der Waals surface area contributed by atoms with Gasteiger partial charge in [-0.2, -0.15) is 0 Å². The number of thiazole rings is 1. The first-order chi connectivity index (χ1) is 9.38. The highest BCUT2D eigenvalue weighted by molar-refractivity contribution is 7.09. The van der Waals surface area contributed by atoms with Gasteiger partial charge in [0.05, 0.1) is 16.5 Å². The molecule has 0 saturated heterocycles. The number of hydrogen-bond acceptors (Lipinski definition) is 5. The second-order valence-electron chi connectivity index (χ2n) is 4.89. The van der Waals surface area contributed by atoms with E-state index in [1.807, 2.05) is 19.2 Å². The summed E-state index contributed by atoms with van der Waals surface area (Å²) < 4.78 is 13.3. The first kappa shape index (κ1) is 14.5. The molecule has 1 aromatic carbocycles. The minimum absolute atomic E-state index is 0.242. The van der Waals surface area contributed by atoms with Crippen LogP contribution in [0.4, 0.5) is 10.1 Å². The van der Waals surface area contributed by atoms with Crippen molar-refractivity contribution >= 4 is 17.0 Å². The van der Waals surface area contributed by atoms with E-state index in [1.165, 1.54) is 23.5 Å². The van der Waals surface area contributed by atoms with Crippen LogP contribution in [0.15, 0.2) is 29.8 Å². The summed E-state index contributed by atoms with van der Waals surface area (Å²) in [6, 6.07) is 3.57. The minimum Gasteiger partial charge on any atom is -0.302 e. The van der Waals surface area contributed by atoms with Gasteiger partial charge in [-0.05, 0) is 25.5 Å². The van der Waals surface area contributed by atoms with Crippen molar-refractivity contribution in [3.05, 3.63) is 56.3 Å². The third kappa shape index (κ3) is 3.37. The van der Waals surface area contributed by atoms with Gasteiger partial charge in [-0.3, -0.25) is 10.1 Å². The van der Waals surface area contributed by atoms with Crippen LogP contribution in [0.1, 0.15) is 24.4 Å². The lowest BCUT2D eigenvalue weighted by molar-refractivity contribution is -0.385. The number of nitrogens with zero attached hydrogens (tertiary/aromatic N) is 2. The van der Waals surface area contributed by atoms with Gasteiger partial charge >= 0.3 is 0 Å². The predicted molar refractivity (Wildman–Crippen MR) is 75.0 cm³/mol. The van der Waals surface area contributed by atoms with Crippen LogP contribution in [0.25, 0.3) is 0 Å². The van der Waals surface area contributed by atoms with Gasteiger partial charge < -0.3 is 5.32 Å². The number of halogens is 1. The Hall–Kier alpha value is -1.86. The fourth-order valence-electron chi connectivity index (χ4n) is 1.77. The number of non-ortho nitro benzene ring substituents is 1. The molecule has 0 aliphatic rings. The standard InChI is InChI=1S/C13H14FN3O2S/c1-13(2,12-15-3-4-20-12)16-8-9-5-10(14)7-11(6-9)17(18)19/h3-7,16H,8H2,1-2H3. The van der Waals surface area contributed by atoms with Gasteiger partial charge in [0.25, 0.3) is 5.69 Å². The minimum atomic E-state index is -0.608. The molecule has 7 heteroatoms. The Labute approximate surface area is 119 Å². The molecule has 0 amide bonds. The zero-order valence-electron chi connectivity index (χ0n) is 11.1. The summed E-state index contributed by atoms with van der Waals surface area (Å²) in [5.41, 5.74) is -0.0925. The zero-order chi connectivity index (χ0) is 14.8. The molecule has 2 rings (SSSR count). The molecule has 0 aliphatic heterocycles. The number of rotatable bonds is 5. The second kappa shape index (κ2) is 5.64. The lowest BCUT2D eigenvalue weighted by Crippen LogP contribution is -2.35. The van der Waals surface area contributed by atoms with Crippen LogP contribution in [0, 0.1) is 15.9 Å². The van der Waals surface area contributed by atoms with E-state index in [4.69, 9.17) is 0 Å². The molecule has 5 nitrogen and oxygen atoms in total. The van der Waals surface area contributed by atoms with Crippen molar-refractivity contribution in [2.75, 3.05) is 0 Å². The van der Waals surface area contributed by atoms with Crippen LogP contribution in [0.3, 0.4) is 0 Å². The van der Waals surface area contributed by atoms with Crippen molar-refractivity contribution in [3.8, 4) is 0 Å². The van der Waals surface area contributed by atoms with Crippen molar-refractivity contribution in [3.63, 3.8) is 0 Å². The van der Waals surface area contributed by atoms with E-state index < -0.39 is 10.7 Å². The highest BCUT2D eigenvalue weighted by Crippen LogP contribution is 2.23. The second-order valence-corrected chi connectivity index (χ2v) is 5.79. The summed E-state index contributed by atoms with van der Waals surface area (Å²) in [4.78, 5) is 14.3.